The number of nitrogens with zero attached hydrogens (tertiary/aromatic N) is 1. The second-order valence-corrected chi connectivity index (χ2v) is 6.69. The highest BCUT2D eigenvalue weighted by molar-refractivity contribution is 6.07. The zero-order chi connectivity index (χ0) is 15.5. The van der Waals surface area contributed by atoms with Gasteiger partial charge < -0.3 is 15.7 Å². The van der Waals surface area contributed by atoms with Gasteiger partial charge in [-0.05, 0) is 25.3 Å². The molecule has 0 bridgehead atoms. The zero-order valence-corrected chi connectivity index (χ0v) is 13.0. The number of β-amino-alcohol motifs (C(OH)–C–C–N with tert-alkyl or cyclic N) is 1. The number of nitrogens with one attached hydrogen (secondary N) is 2. The summed E-state index contributed by atoms with van der Waals surface area (Å²) in [6.45, 7) is 5.44. The van der Waals surface area contributed by atoms with Gasteiger partial charge in [-0.25, -0.2) is 4.79 Å². The third-order valence-electron chi connectivity index (χ3n) is 4.28. The molecule has 0 radical (unpaired) electrons. The first kappa shape index (κ1) is 16.2. The molecule has 1 aliphatic heterocycles. The first-order valence-corrected chi connectivity index (χ1v) is 7.97. The van der Waals surface area contributed by atoms with Crippen LogP contribution in [-0.4, -0.2) is 53.2 Å². The van der Waals surface area contributed by atoms with Gasteiger partial charge in [-0.2, -0.15) is 0 Å². The van der Waals surface area contributed by atoms with E-state index in [2.05, 4.69) is 24.5 Å². The molecule has 2 aliphatic rings. The summed E-state index contributed by atoms with van der Waals surface area (Å²) in [5.41, 5.74) is -0.694. The quantitative estimate of drug-likeness (QED) is 0.635. The fourth-order valence-electron chi connectivity index (χ4n) is 3.15. The van der Waals surface area contributed by atoms with Gasteiger partial charge in [0.1, 0.15) is 5.54 Å². The maximum atomic E-state index is 12.5. The molecule has 0 aromatic carbocycles. The third kappa shape index (κ3) is 3.74. The lowest BCUT2D eigenvalue weighted by Crippen LogP contribution is -2.49. The molecule has 2 rings (SSSR count). The van der Waals surface area contributed by atoms with Crippen LogP contribution in [0, 0.1) is 5.92 Å². The van der Waals surface area contributed by atoms with Gasteiger partial charge in [0.05, 0.1) is 12.6 Å². The summed E-state index contributed by atoms with van der Waals surface area (Å²) >= 11 is 0. The predicted molar refractivity (Wildman–Crippen MR) is 79.8 cm³/mol. The van der Waals surface area contributed by atoms with E-state index in [1.54, 1.807) is 0 Å². The normalized spacial score (nSPS) is 23.0. The van der Waals surface area contributed by atoms with E-state index in [0.717, 1.165) is 38.6 Å². The van der Waals surface area contributed by atoms with Crippen molar-refractivity contribution in [3.63, 3.8) is 0 Å². The first-order chi connectivity index (χ1) is 9.94. The van der Waals surface area contributed by atoms with E-state index in [-0.39, 0.29) is 18.5 Å². The van der Waals surface area contributed by atoms with Crippen LogP contribution in [-0.2, 0) is 4.79 Å². The van der Waals surface area contributed by atoms with Crippen molar-refractivity contribution in [2.75, 3.05) is 19.6 Å². The van der Waals surface area contributed by atoms with Crippen molar-refractivity contribution in [2.24, 2.45) is 5.92 Å². The van der Waals surface area contributed by atoms with Crippen molar-refractivity contribution in [1.29, 1.82) is 0 Å². The number of hydrogen-bond donors (Lipinski definition) is 3. The first-order valence-electron chi connectivity index (χ1n) is 7.97. The Morgan fingerprint density at radius 1 is 1.24 bits per heavy atom. The standard InChI is InChI=1S/C15H27N3O3/c1-11(2)8-16-9-12(19)10-18-13(20)15(17-14(18)21)6-4-3-5-7-15/h11-12,16,19H,3-10H2,1-2H3,(H,17,21). The zero-order valence-electron chi connectivity index (χ0n) is 13.0. The van der Waals surface area contributed by atoms with E-state index in [9.17, 15) is 14.7 Å². The number of amides is 3. The molecule has 0 aromatic rings. The van der Waals surface area contributed by atoms with Crippen LogP contribution < -0.4 is 10.6 Å². The number of aliphatic hydroxyl groups excluding tert-OH is 1. The molecule has 3 amide bonds. The summed E-state index contributed by atoms with van der Waals surface area (Å²) in [7, 11) is 0. The molecule has 21 heavy (non-hydrogen) atoms. The lowest BCUT2D eigenvalue weighted by Gasteiger charge is -2.30. The molecule has 1 saturated heterocycles. The van der Waals surface area contributed by atoms with Gasteiger partial charge in [0.15, 0.2) is 0 Å². The van der Waals surface area contributed by atoms with Crippen molar-refractivity contribution in [1.82, 2.24) is 15.5 Å². The largest absolute Gasteiger partial charge is 0.390 e. The van der Waals surface area contributed by atoms with Crippen LogP contribution in [0.1, 0.15) is 46.0 Å². The second-order valence-electron chi connectivity index (χ2n) is 6.69. The minimum absolute atomic E-state index is 0.0670. The van der Waals surface area contributed by atoms with Crippen molar-refractivity contribution in [3.8, 4) is 0 Å². The molecule has 6 heteroatoms. The molecule has 3 N–H and O–H groups in total. The maximum Gasteiger partial charge on any atom is 0.325 e. The summed E-state index contributed by atoms with van der Waals surface area (Å²) < 4.78 is 0. The summed E-state index contributed by atoms with van der Waals surface area (Å²) in [5.74, 6) is 0.342. The Morgan fingerprint density at radius 2 is 1.90 bits per heavy atom. The third-order valence-corrected chi connectivity index (χ3v) is 4.28. The highest BCUT2D eigenvalue weighted by Crippen LogP contribution is 2.33. The molecule has 1 unspecified atom stereocenters. The molecule has 1 spiro atoms. The topological polar surface area (TPSA) is 81.7 Å². The van der Waals surface area contributed by atoms with Crippen LogP contribution in [0.4, 0.5) is 4.79 Å². The minimum atomic E-state index is -0.725. The van der Waals surface area contributed by atoms with E-state index in [1.807, 2.05) is 0 Å². The SMILES string of the molecule is CC(C)CNCC(O)CN1C(=O)NC2(CCCCC2)C1=O. The number of imide groups is 1. The van der Waals surface area contributed by atoms with Crippen LogP contribution in [0.5, 0.6) is 0 Å². The highest BCUT2D eigenvalue weighted by atomic mass is 16.3. The number of carbonyl (C=O) groups is 2. The van der Waals surface area contributed by atoms with Gasteiger partial charge in [-0.3, -0.25) is 9.69 Å². The van der Waals surface area contributed by atoms with E-state index in [0.29, 0.717) is 12.5 Å². The molecular weight excluding hydrogens is 270 g/mol. The predicted octanol–water partition coefficient (Wildman–Crippen LogP) is 0.848. The average molecular weight is 297 g/mol. The van der Waals surface area contributed by atoms with Gasteiger partial charge in [-0.1, -0.05) is 33.1 Å². The van der Waals surface area contributed by atoms with Crippen molar-refractivity contribution in [3.05, 3.63) is 0 Å². The van der Waals surface area contributed by atoms with Crippen molar-refractivity contribution >= 4 is 11.9 Å². The molecule has 1 aliphatic carbocycles. The van der Waals surface area contributed by atoms with Crippen molar-refractivity contribution < 1.29 is 14.7 Å². The average Bonchev–Trinajstić information content (AvgIpc) is 2.64. The smallest absolute Gasteiger partial charge is 0.325 e. The van der Waals surface area contributed by atoms with Gasteiger partial charge in [0.2, 0.25) is 0 Å². The Kier molecular flexibility index (Phi) is 5.22. The Labute approximate surface area is 126 Å². The fraction of sp³-hybridized carbons (Fsp3) is 0.867. The van der Waals surface area contributed by atoms with E-state index in [1.165, 1.54) is 4.90 Å². The molecule has 2 fully saturated rings. The van der Waals surface area contributed by atoms with Crippen LogP contribution in [0.2, 0.25) is 0 Å². The monoisotopic (exact) mass is 297 g/mol. The van der Waals surface area contributed by atoms with Gasteiger partial charge >= 0.3 is 6.03 Å². The van der Waals surface area contributed by atoms with E-state index >= 15 is 0 Å². The van der Waals surface area contributed by atoms with Gasteiger partial charge in [0, 0.05) is 6.54 Å². The number of urea groups is 1. The lowest BCUT2D eigenvalue weighted by atomic mass is 9.82. The Bertz CT molecular complexity index is 392. The Hall–Kier alpha value is -1.14. The molecule has 1 heterocycles. The molecule has 0 aromatic heterocycles. The Balaban J connectivity index is 1.88. The summed E-state index contributed by atoms with van der Waals surface area (Å²) in [5, 5.41) is 16.0. The van der Waals surface area contributed by atoms with Gasteiger partial charge in [-0.15, -0.1) is 0 Å². The summed E-state index contributed by atoms with van der Waals surface area (Å²) in [4.78, 5) is 25.7. The lowest BCUT2D eigenvalue weighted by molar-refractivity contribution is -0.133. The summed E-state index contributed by atoms with van der Waals surface area (Å²) in [6.07, 6.45) is 3.77. The molecule has 120 valence electrons. The Morgan fingerprint density at radius 3 is 2.52 bits per heavy atom. The molecule has 1 saturated carbocycles. The number of carbonyl (C=O) groups excluding carboxylic acids is 2. The highest BCUT2D eigenvalue weighted by Gasteiger charge is 2.51. The molecular formula is C15H27N3O3. The van der Waals surface area contributed by atoms with Crippen LogP contribution in [0.15, 0.2) is 0 Å². The molecule has 6 nitrogen and oxygen atoms in total. The molecule has 1 atom stereocenters. The number of hydrogen-bond acceptors (Lipinski definition) is 4. The van der Waals surface area contributed by atoms with Crippen LogP contribution >= 0.6 is 0 Å². The second kappa shape index (κ2) is 6.75. The fourth-order valence-corrected chi connectivity index (χ4v) is 3.15. The van der Waals surface area contributed by atoms with Crippen molar-refractivity contribution in [2.45, 2.75) is 57.6 Å². The van der Waals surface area contributed by atoms with Crippen LogP contribution in [0.25, 0.3) is 0 Å². The van der Waals surface area contributed by atoms with Gasteiger partial charge in [0.25, 0.3) is 5.91 Å². The van der Waals surface area contributed by atoms with E-state index < -0.39 is 11.6 Å². The minimum Gasteiger partial charge on any atom is -0.390 e. The van der Waals surface area contributed by atoms with Crippen LogP contribution in [0.3, 0.4) is 0 Å². The summed E-state index contributed by atoms with van der Waals surface area (Å²) in [6, 6.07) is -0.357. The number of aliphatic hydroxyl groups is 1. The van der Waals surface area contributed by atoms with E-state index in [4.69, 9.17) is 0 Å². The maximum absolute atomic E-state index is 12.5. The number of rotatable bonds is 6.